The van der Waals surface area contributed by atoms with Gasteiger partial charge < -0.3 is 25.7 Å². The minimum absolute atomic E-state index is 0.185. The second kappa shape index (κ2) is 14.6. The fraction of sp³-hybridized carbons (Fsp3) is 0.448. The third-order valence-corrected chi connectivity index (χ3v) is 6.52. The van der Waals surface area contributed by atoms with Gasteiger partial charge in [-0.2, -0.15) is 13.2 Å². The molecule has 0 radical (unpaired) electrons. The van der Waals surface area contributed by atoms with E-state index >= 15 is 0 Å². The van der Waals surface area contributed by atoms with Crippen molar-refractivity contribution in [2.24, 2.45) is 5.73 Å². The van der Waals surface area contributed by atoms with E-state index in [4.69, 9.17) is 15.6 Å². The Hall–Kier alpha value is -3.93. The molecule has 1 aliphatic rings. The summed E-state index contributed by atoms with van der Waals surface area (Å²) in [6, 6.07) is 13.1. The van der Waals surface area contributed by atoms with Crippen LogP contribution in [0.25, 0.3) is 0 Å². The van der Waals surface area contributed by atoms with Crippen molar-refractivity contribution in [3.05, 3.63) is 65.2 Å². The average molecular weight is 580 g/mol. The highest BCUT2D eigenvalue weighted by Gasteiger charge is 2.43. The molecule has 3 rings (SSSR count). The number of benzene rings is 2. The van der Waals surface area contributed by atoms with Crippen molar-refractivity contribution in [2.45, 2.75) is 77.2 Å². The Morgan fingerprint density at radius 2 is 1.59 bits per heavy atom. The van der Waals surface area contributed by atoms with Gasteiger partial charge in [0.05, 0.1) is 17.7 Å². The van der Waals surface area contributed by atoms with Crippen molar-refractivity contribution in [1.29, 1.82) is 0 Å². The van der Waals surface area contributed by atoms with E-state index in [-0.39, 0.29) is 24.3 Å². The van der Waals surface area contributed by atoms with Gasteiger partial charge in [0.25, 0.3) is 11.8 Å². The van der Waals surface area contributed by atoms with Crippen LogP contribution >= 0.6 is 0 Å². The number of hydrogen-bond acceptors (Lipinski definition) is 5. The van der Waals surface area contributed by atoms with Crippen molar-refractivity contribution in [2.75, 3.05) is 11.4 Å². The topological polar surface area (TPSA) is 141 Å². The maximum atomic E-state index is 14.0. The Balaban J connectivity index is 0.000000745. The molecule has 9 nitrogen and oxygen atoms in total. The number of alkyl halides is 3. The number of carbonyl (C=O) groups excluding carboxylic acids is 2. The number of carbonyl (C=O) groups is 4. The summed E-state index contributed by atoms with van der Waals surface area (Å²) in [4.78, 5) is 51.6. The number of halogens is 3. The van der Waals surface area contributed by atoms with Gasteiger partial charge in [-0.25, -0.2) is 4.79 Å². The van der Waals surface area contributed by atoms with Crippen molar-refractivity contribution in [3.63, 3.8) is 0 Å². The summed E-state index contributed by atoms with van der Waals surface area (Å²) in [7, 11) is 0. The Kier molecular flexibility index (Phi) is 11.9. The molecule has 0 aromatic heterocycles. The third-order valence-electron chi connectivity index (χ3n) is 6.52. The lowest BCUT2D eigenvalue weighted by molar-refractivity contribution is -0.192. The Morgan fingerprint density at radius 3 is 2.10 bits per heavy atom. The zero-order chi connectivity index (χ0) is 30.9. The van der Waals surface area contributed by atoms with Crippen LogP contribution in [0.3, 0.4) is 0 Å². The number of hydrogen-bond donors (Lipinski definition) is 3. The van der Waals surface area contributed by atoms with Crippen LogP contribution in [0.1, 0.15) is 74.0 Å². The van der Waals surface area contributed by atoms with Crippen LogP contribution in [0.5, 0.6) is 0 Å². The molecule has 2 aromatic carbocycles. The molecule has 4 N–H and O–H groups in total. The normalized spacial score (nSPS) is 16.0. The minimum Gasteiger partial charge on any atom is -0.481 e. The quantitative estimate of drug-likeness (QED) is 0.344. The summed E-state index contributed by atoms with van der Waals surface area (Å²) in [6.07, 6.45) is -1.60. The maximum Gasteiger partial charge on any atom is 0.490 e. The monoisotopic (exact) mass is 579 g/mol. The van der Waals surface area contributed by atoms with Crippen LogP contribution in [0.15, 0.2) is 48.5 Å². The smallest absolute Gasteiger partial charge is 0.481 e. The van der Waals surface area contributed by atoms with Crippen LogP contribution in [-0.4, -0.2) is 63.7 Å². The van der Waals surface area contributed by atoms with Gasteiger partial charge in [-0.05, 0) is 69.8 Å². The van der Waals surface area contributed by atoms with Crippen LogP contribution in [-0.2, 0) is 20.8 Å². The fourth-order valence-corrected chi connectivity index (χ4v) is 4.67. The number of carboxylic acids is 2. The standard InChI is InChI=1S/C27H35N3O4.C2HF3O2/c1-18(2)29-23-14-13-20(10-6-5-9-15-28)17-22(23)26(33)30(19(3)16-24(31)32)25(27(29)34)21-11-7-4-8-12-21;3-2(4,5)1(6)7/h4,7-8,11-14,17-19,25H,5-6,9-10,15-16,28H2,1-3H3,(H,31,32);(H,6,7). The van der Waals surface area contributed by atoms with E-state index in [1.807, 2.05) is 62.4 Å². The molecule has 0 fully saturated rings. The zero-order valence-corrected chi connectivity index (χ0v) is 23.2. The van der Waals surface area contributed by atoms with Crippen LogP contribution in [0, 0.1) is 0 Å². The highest BCUT2D eigenvalue weighted by atomic mass is 19.4. The van der Waals surface area contributed by atoms with Gasteiger partial charge in [-0.3, -0.25) is 14.4 Å². The van der Waals surface area contributed by atoms with Crippen molar-refractivity contribution < 1.29 is 42.6 Å². The second-order valence-electron chi connectivity index (χ2n) is 10.0. The minimum atomic E-state index is -5.08. The molecule has 1 heterocycles. The molecule has 0 saturated carbocycles. The second-order valence-corrected chi connectivity index (χ2v) is 10.0. The highest BCUT2D eigenvalue weighted by Crippen LogP contribution is 2.38. The molecule has 224 valence electrons. The number of nitrogens with zero attached hydrogens (tertiary/aromatic N) is 2. The average Bonchev–Trinajstić information content (AvgIpc) is 2.98. The van der Waals surface area contributed by atoms with Gasteiger partial charge in [0.1, 0.15) is 6.04 Å². The summed E-state index contributed by atoms with van der Waals surface area (Å²) >= 11 is 0. The van der Waals surface area contributed by atoms with Crippen LogP contribution in [0.4, 0.5) is 18.9 Å². The van der Waals surface area contributed by atoms with Crippen molar-refractivity contribution >= 4 is 29.4 Å². The lowest BCUT2D eigenvalue weighted by Crippen LogP contribution is -2.48. The molecule has 12 heteroatoms. The molecule has 0 saturated heterocycles. The van der Waals surface area contributed by atoms with E-state index in [9.17, 15) is 32.7 Å². The van der Waals surface area contributed by atoms with Gasteiger partial charge in [-0.15, -0.1) is 0 Å². The van der Waals surface area contributed by atoms with Crippen LogP contribution in [0.2, 0.25) is 0 Å². The molecule has 0 bridgehead atoms. The van der Waals surface area contributed by atoms with E-state index < -0.39 is 30.2 Å². The van der Waals surface area contributed by atoms with Gasteiger partial charge in [-0.1, -0.05) is 42.8 Å². The number of fused-ring (bicyclic) bond motifs is 1. The van der Waals surface area contributed by atoms with Crippen molar-refractivity contribution in [3.8, 4) is 0 Å². The summed E-state index contributed by atoms with van der Waals surface area (Å²) in [5, 5.41) is 16.6. The first-order valence-electron chi connectivity index (χ1n) is 13.3. The van der Waals surface area contributed by atoms with Gasteiger partial charge in [0.15, 0.2) is 0 Å². The Bertz CT molecular complexity index is 1220. The van der Waals surface area contributed by atoms with E-state index in [0.717, 1.165) is 31.2 Å². The van der Waals surface area contributed by atoms with Gasteiger partial charge in [0.2, 0.25) is 0 Å². The summed E-state index contributed by atoms with van der Waals surface area (Å²) in [5.74, 6) is -4.33. The number of unbranched alkanes of at least 4 members (excludes halogenated alkanes) is 2. The summed E-state index contributed by atoms with van der Waals surface area (Å²) < 4.78 is 31.7. The highest BCUT2D eigenvalue weighted by molar-refractivity contribution is 6.11. The van der Waals surface area contributed by atoms with E-state index in [2.05, 4.69) is 0 Å². The molecule has 2 aromatic rings. The molecular weight excluding hydrogens is 543 g/mol. The third kappa shape index (κ3) is 8.78. The Morgan fingerprint density at radius 1 is 0.976 bits per heavy atom. The van der Waals surface area contributed by atoms with Crippen molar-refractivity contribution in [1.82, 2.24) is 4.90 Å². The SMILES string of the molecule is CC(C)N1C(=O)C(c2ccccc2)N(C(C)CC(=O)O)C(=O)c2cc(CCCCCN)ccc21.O=C(O)C(F)(F)F. The van der Waals surface area contributed by atoms with Crippen LogP contribution < -0.4 is 10.6 Å². The number of aliphatic carboxylic acids is 2. The maximum absolute atomic E-state index is 14.0. The van der Waals surface area contributed by atoms with E-state index in [0.29, 0.717) is 23.4 Å². The largest absolute Gasteiger partial charge is 0.490 e. The number of carboxylic acid groups (broad SMARTS) is 2. The first-order chi connectivity index (χ1) is 19.2. The lowest BCUT2D eigenvalue weighted by atomic mass is 10.00. The first kappa shape index (κ1) is 33.3. The molecule has 0 spiro atoms. The lowest BCUT2D eigenvalue weighted by Gasteiger charge is -2.36. The first-order valence-corrected chi connectivity index (χ1v) is 13.3. The molecule has 1 aliphatic heterocycles. The van der Waals surface area contributed by atoms with E-state index in [1.54, 1.807) is 11.8 Å². The van der Waals surface area contributed by atoms with Gasteiger partial charge >= 0.3 is 18.1 Å². The molecule has 2 atom stereocenters. The van der Waals surface area contributed by atoms with E-state index in [1.165, 1.54) is 4.90 Å². The number of nitrogens with two attached hydrogens (primary N) is 1. The fourth-order valence-electron chi connectivity index (χ4n) is 4.67. The predicted molar refractivity (Wildman–Crippen MR) is 146 cm³/mol. The summed E-state index contributed by atoms with van der Waals surface area (Å²) in [5.41, 5.74) is 8.29. The number of amides is 2. The number of anilines is 1. The number of aryl methyl sites for hydroxylation is 1. The summed E-state index contributed by atoms with van der Waals surface area (Å²) in [6.45, 7) is 6.19. The molecular formula is C29H36F3N3O6. The molecule has 2 unspecified atom stereocenters. The Labute approximate surface area is 236 Å². The predicted octanol–water partition coefficient (Wildman–Crippen LogP) is 4.79. The zero-order valence-electron chi connectivity index (χ0n) is 23.2. The number of rotatable bonds is 10. The van der Waals surface area contributed by atoms with Gasteiger partial charge in [0, 0.05) is 12.1 Å². The molecule has 2 amide bonds. The molecule has 41 heavy (non-hydrogen) atoms. The molecule has 0 aliphatic carbocycles.